The number of hydrogen-bond donors (Lipinski definition) is 2. The molecule has 0 saturated heterocycles. The van der Waals surface area contributed by atoms with Crippen molar-refractivity contribution in [2.75, 3.05) is 21.1 Å². The van der Waals surface area contributed by atoms with Crippen molar-refractivity contribution < 1.29 is 14.3 Å². The Kier molecular flexibility index (Phi) is 4.60. The summed E-state index contributed by atoms with van der Waals surface area (Å²) in [5.74, 6) is -1.27. The molecular formula is C12H17FN2O2. The molecule has 0 amide bonds. The van der Waals surface area contributed by atoms with Gasteiger partial charge in [0.05, 0.1) is 6.04 Å². The van der Waals surface area contributed by atoms with Crippen LogP contribution in [0.4, 0.5) is 4.39 Å². The molecule has 0 spiro atoms. The Hall–Kier alpha value is -1.46. The smallest absolute Gasteiger partial charge is 0.322 e. The third kappa shape index (κ3) is 3.25. The summed E-state index contributed by atoms with van der Waals surface area (Å²) in [6.45, 7) is 0. The third-order valence-electron chi connectivity index (χ3n) is 2.66. The lowest BCUT2D eigenvalue weighted by molar-refractivity contribution is -0.141. The molecule has 4 nitrogen and oxygen atoms in total. The van der Waals surface area contributed by atoms with Crippen LogP contribution in [0.3, 0.4) is 0 Å². The lowest BCUT2D eigenvalue weighted by Crippen LogP contribution is -2.45. The SMILES string of the molecule is CNC(C(=O)O)C(c1ccc(F)cc1)N(C)C. The van der Waals surface area contributed by atoms with E-state index < -0.39 is 12.0 Å². The number of aliphatic carboxylic acids is 1. The van der Waals surface area contributed by atoms with Crippen LogP contribution in [0.15, 0.2) is 24.3 Å². The van der Waals surface area contributed by atoms with Crippen LogP contribution >= 0.6 is 0 Å². The van der Waals surface area contributed by atoms with Crippen LogP contribution in [0.5, 0.6) is 0 Å². The first kappa shape index (κ1) is 13.6. The van der Waals surface area contributed by atoms with Crippen molar-refractivity contribution in [3.8, 4) is 0 Å². The molecule has 0 fully saturated rings. The number of benzene rings is 1. The van der Waals surface area contributed by atoms with E-state index in [2.05, 4.69) is 5.32 Å². The summed E-state index contributed by atoms with van der Waals surface area (Å²) in [5, 5.41) is 11.9. The van der Waals surface area contributed by atoms with Crippen molar-refractivity contribution >= 4 is 5.97 Å². The Balaban J connectivity index is 3.08. The van der Waals surface area contributed by atoms with E-state index in [-0.39, 0.29) is 11.9 Å². The topological polar surface area (TPSA) is 52.6 Å². The molecule has 0 aliphatic rings. The van der Waals surface area contributed by atoms with E-state index in [9.17, 15) is 9.18 Å². The minimum absolute atomic E-state index is 0.331. The lowest BCUT2D eigenvalue weighted by atomic mass is 9.98. The van der Waals surface area contributed by atoms with E-state index >= 15 is 0 Å². The zero-order valence-electron chi connectivity index (χ0n) is 10.1. The molecule has 0 radical (unpaired) electrons. The average molecular weight is 240 g/mol. The fourth-order valence-corrected chi connectivity index (χ4v) is 1.87. The average Bonchev–Trinajstić information content (AvgIpc) is 2.26. The van der Waals surface area contributed by atoms with E-state index in [0.29, 0.717) is 0 Å². The van der Waals surface area contributed by atoms with Crippen LogP contribution in [0.1, 0.15) is 11.6 Å². The van der Waals surface area contributed by atoms with Crippen molar-refractivity contribution in [3.63, 3.8) is 0 Å². The number of halogens is 1. The number of rotatable bonds is 5. The number of carbonyl (C=O) groups is 1. The number of carboxylic acids is 1. The van der Waals surface area contributed by atoms with Gasteiger partial charge >= 0.3 is 5.97 Å². The predicted octanol–water partition coefficient (Wildman–Crippen LogP) is 1.10. The fraction of sp³-hybridized carbons (Fsp3) is 0.417. The van der Waals surface area contributed by atoms with Gasteiger partial charge in [-0.1, -0.05) is 12.1 Å². The van der Waals surface area contributed by atoms with Gasteiger partial charge in [0.25, 0.3) is 0 Å². The van der Waals surface area contributed by atoms with Crippen LogP contribution in [0.2, 0.25) is 0 Å². The molecule has 1 aromatic rings. The van der Waals surface area contributed by atoms with Crippen LogP contribution < -0.4 is 5.32 Å². The van der Waals surface area contributed by atoms with Crippen molar-refractivity contribution in [1.82, 2.24) is 10.2 Å². The maximum atomic E-state index is 12.8. The monoisotopic (exact) mass is 240 g/mol. The molecular weight excluding hydrogens is 223 g/mol. The van der Waals surface area contributed by atoms with Gasteiger partial charge in [-0.3, -0.25) is 4.79 Å². The molecule has 94 valence electrons. The quantitative estimate of drug-likeness (QED) is 0.809. The van der Waals surface area contributed by atoms with E-state index in [1.165, 1.54) is 12.1 Å². The Bertz CT molecular complexity index is 379. The highest BCUT2D eigenvalue weighted by molar-refractivity contribution is 5.74. The van der Waals surface area contributed by atoms with Crippen molar-refractivity contribution in [1.29, 1.82) is 0 Å². The summed E-state index contributed by atoms with van der Waals surface area (Å²) < 4.78 is 12.8. The number of hydrogen-bond acceptors (Lipinski definition) is 3. The summed E-state index contributed by atoms with van der Waals surface area (Å²) in [6.07, 6.45) is 0. The van der Waals surface area contributed by atoms with Gasteiger partial charge in [0.2, 0.25) is 0 Å². The van der Waals surface area contributed by atoms with Gasteiger partial charge in [-0.15, -0.1) is 0 Å². The van der Waals surface area contributed by atoms with Crippen LogP contribution in [0.25, 0.3) is 0 Å². The van der Waals surface area contributed by atoms with Gasteiger partial charge in [-0.25, -0.2) is 4.39 Å². The molecule has 0 saturated carbocycles. The van der Waals surface area contributed by atoms with Crippen LogP contribution in [-0.2, 0) is 4.79 Å². The second-order valence-electron chi connectivity index (χ2n) is 4.06. The minimum Gasteiger partial charge on any atom is -0.480 e. The number of nitrogens with one attached hydrogen (secondary N) is 1. The Morgan fingerprint density at radius 1 is 1.35 bits per heavy atom. The molecule has 0 aliphatic carbocycles. The highest BCUT2D eigenvalue weighted by atomic mass is 19.1. The van der Waals surface area contributed by atoms with Gasteiger partial charge in [0.15, 0.2) is 0 Å². The van der Waals surface area contributed by atoms with Gasteiger partial charge in [0.1, 0.15) is 11.9 Å². The van der Waals surface area contributed by atoms with Gasteiger partial charge in [0, 0.05) is 0 Å². The Morgan fingerprint density at radius 2 is 1.88 bits per heavy atom. The summed E-state index contributed by atoms with van der Waals surface area (Å²) in [5.41, 5.74) is 0.762. The summed E-state index contributed by atoms with van der Waals surface area (Å²) in [6, 6.07) is 4.79. The molecule has 5 heteroatoms. The first-order valence-electron chi connectivity index (χ1n) is 5.29. The van der Waals surface area contributed by atoms with E-state index in [4.69, 9.17) is 5.11 Å². The van der Waals surface area contributed by atoms with Gasteiger partial charge in [-0.2, -0.15) is 0 Å². The van der Waals surface area contributed by atoms with Crippen molar-refractivity contribution in [2.45, 2.75) is 12.1 Å². The van der Waals surface area contributed by atoms with Crippen LogP contribution in [-0.4, -0.2) is 43.2 Å². The molecule has 0 heterocycles. The van der Waals surface area contributed by atoms with E-state index in [0.717, 1.165) is 5.56 Å². The number of carboxylic acid groups (broad SMARTS) is 1. The molecule has 1 aromatic carbocycles. The molecule has 0 aromatic heterocycles. The Labute approximate surface area is 100 Å². The highest BCUT2D eigenvalue weighted by Gasteiger charge is 2.29. The first-order valence-corrected chi connectivity index (χ1v) is 5.29. The van der Waals surface area contributed by atoms with Crippen LogP contribution in [0, 0.1) is 5.82 Å². The normalized spacial score (nSPS) is 14.6. The maximum Gasteiger partial charge on any atom is 0.322 e. The second kappa shape index (κ2) is 5.75. The van der Waals surface area contributed by atoms with Crippen molar-refractivity contribution in [3.05, 3.63) is 35.6 Å². The zero-order chi connectivity index (χ0) is 13.0. The second-order valence-corrected chi connectivity index (χ2v) is 4.06. The van der Waals surface area contributed by atoms with E-state index in [1.807, 2.05) is 0 Å². The zero-order valence-corrected chi connectivity index (χ0v) is 10.1. The van der Waals surface area contributed by atoms with Gasteiger partial charge in [-0.05, 0) is 38.8 Å². The van der Waals surface area contributed by atoms with Crippen molar-refractivity contribution in [2.24, 2.45) is 0 Å². The molecule has 2 unspecified atom stereocenters. The predicted molar refractivity (Wildman–Crippen MR) is 63.3 cm³/mol. The highest BCUT2D eigenvalue weighted by Crippen LogP contribution is 2.22. The standard InChI is InChI=1S/C12H17FN2O2/c1-14-10(12(16)17)11(15(2)3)8-4-6-9(13)7-5-8/h4-7,10-11,14H,1-3H3,(H,16,17). The number of nitrogens with zero attached hydrogens (tertiary/aromatic N) is 1. The fourth-order valence-electron chi connectivity index (χ4n) is 1.87. The molecule has 0 bridgehead atoms. The molecule has 2 atom stereocenters. The molecule has 0 aliphatic heterocycles. The molecule has 1 rings (SSSR count). The third-order valence-corrected chi connectivity index (χ3v) is 2.66. The Morgan fingerprint density at radius 3 is 2.24 bits per heavy atom. The molecule has 17 heavy (non-hydrogen) atoms. The summed E-state index contributed by atoms with van der Waals surface area (Å²) in [7, 11) is 5.18. The first-order chi connectivity index (χ1) is 7.97. The number of likely N-dealkylation sites (N-methyl/N-ethyl adjacent to an activating group) is 2. The van der Waals surface area contributed by atoms with Gasteiger partial charge < -0.3 is 15.3 Å². The largest absolute Gasteiger partial charge is 0.480 e. The summed E-state index contributed by atoms with van der Waals surface area (Å²) >= 11 is 0. The van der Waals surface area contributed by atoms with E-state index in [1.54, 1.807) is 38.2 Å². The molecule has 2 N–H and O–H groups in total. The summed E-state index contributed by atoms with van der Waals surface area (Å²) in [4.78, 5) is 12.9. The lowest BCUT2D eigenvalue weighted by Gasteiger charge is -2.30. The maximum absolute atomic E-state index is 12.8. The minimum atomic E-state index is -0.935.